The Hall–Kier alpha value is -2.70. The van der Waals surface area contributed by atoms with E-state index in [1.165, 1.54) is 22.8 Å². The van der Waals surface area contributed by atoms with Crippen LogP contribution >= 0.6 is 0 Å². The number of phenols is 1. The minimum atomic E-state index is -0.735. The topological polar surface area (TPSA) is 101 Å². The molecule has 0 spiro atoms. The molecule has 1 saturated heterocycles. The molecule has 0 aliphatic carbocycles. The summed E-state index contributed by atoms with van der Waals surface area (Å²) in [4.78, 5) is 40.0. The van der Waals surface area contributed by atoms with Gasteiger partial charge in [-0.3, -0.25) is 24.3 Å². The lowest BCUT2D eigenvalue weighted by Gasteiger charge is -2.24. The molecule has 7 nitrogen and oxygen atoms in total. The Morgan fingerprint density at radius 2 is 2.10 bits per heavy atom. The molecule has 2 amide bonds. The molecule has 2 N–H and O–H groups in total. The van der Waals surface area contributed by atoms with Gasteiger partial charge in [0, 0.05) is 12.5 Å². The fraction of sp³-hybridized carbons (Fsp3) is 0.286. The van der Waals surface area contributed by atoms with Crippen molar-refractivity contribution in [1.29, 1.82) is 0 Å². The van der Waals surface area contributed by atoms with E-state index in [0.29, 0.717) is 16.7 Å². The van der Waals surface area contributed by atoms with Crippen LogP contribution in [0.3, 0.4) is 0 Å². The number of nitrogens with one attached hydrogen (secondary N) is 1. The number of fused-ring (bicyclic) bond motifs is 1. The average molecular weight is 287 g/mol. The summed E-state index contributed by atoms with van der Waals surface area (Å²) in [5, 5.41) is 12.0. The van der Waals surface area contributed by atoms with Gasteiger partial charge in [0.15, 0.2) is 0 Å². The lowest BCUT2D eigenvalue weighted by molar-refractivity contribution is -0.135. The standard InChI is InChI=1S/C14H13N3O4/c1-7-15-10-6-8(18)2-3-9(10)14(21)17(7)11-4-5-12(19)16-13(11)20/h2-3,6,11,18H,4-5H2,1H3,(H,16,19,20). The first-order valence-electron chi connectivity index (χ1n) is 6.53. The second-order valence-electron chi connectivity index (χ2n) is 5.00. The van der Waals surface area contributed by atoms with Crippen LogP contribution in [-0.4, -0.2) is 26.5 Å². The molecular weight excluding hydrogens is 274 g/mol. The van der Waals surface area contributed by atoms with Crippen molar-refractivity contribution in [2.45, 2.75) is 25.8 Å². The maximum atomic E-state index is 12.6. The second-order valence-corrected chi connectivity index (χ2v) is 5.00. The van der Waals surface area contributed by atoms with Crippen LogP contribution in [0.15, 0.2) is 23.0 Å². The summed E-state index contributed by atoms with van der Waals surface area (Å²) >= 11 is 0. The fourth-order valence-corrected chi connectivity index (χ4v) is 2.59. The molecule has 2 heterocycles. The van der Waals surface area contributed by atoms with Gasteiger partial charge in [-0.1, -0.05) is 0 Å². The van der Waals surface area contributed by atoms with E-state index in [0.717, 1.165) is 0 Å². The molecule has 0 saturated carbocycles. The predicted octanol–water partition coefficient (Wildman–Crippen LogP) is 0.388. The van der Waals surface area contributed by atoms with Crippen LogP contribution in [0.4, 0.5) is 0 Å². The third-order valence-electron chi connectivity index (χ3n) is 3.58. The smallest absolute Gasteiger partial charge is 0.262 e. The number of nitrogens with zero attached hydrogens (tertiary/aromatic N) is 2. The van der Waals surface area contributed by atoms with E-state index in [1.54, 1.807) is 6.92 Å². The molecule has 3 rings (SSSR count). The lowest BCUT2D eigenvalue weighted by Crippen LogP contribution is -2.45. The maximum Gasteiger partial charge on any atom is 0.262 e. The first-order valence-corrected chi connectivity index (χ1v) is 6.53. The first-order chi connectivity index (χ1) is 9.97. The summed E-state index contributed by atoms with van der Waals surface area (Å²) in [6.07, 6.45) is 0.465. The molecule has 1 aliphatic rings. The van der Waals surface area contributed by atoms with Gasteiger partial charge >= 0.3 is 0 Å². The number of aromatic nitrogens is 2. The number of benzene rings is 1. The van der Waals surface area contributed by atoms with Gasteiger partial charge in [0.1, 0.15) is 17.6 Å². The minimum Gasteiger partial charge on any atom is -0.508 e. The number of rotatable bonds is 1. The number of imide groups is 1. The number of phenolic OH excluding ortho intramolecular Hbond substituents is 1. The van der Waals surface area contributed by atoms with Crippen LogP contribution in [0.1, 0.15) is 24.7 Å². The molecule has 7 heteroatoms. The Kier molecular flexibility index (Phi) is 2.97. The normalized spacial score (nSPS) is 18.8. The molecule has 0 radical (unpaired) electrons. The molecule has 1 aromatic heterocycles. The van der Waals surface area contributed by atoms with Crippen LogP contribution in [0, 0.1) is 6.92 Å². The Labute approximate surface area is 119 Å². The average Bonchev–Trinajstić information content (AvgIpc) is 2.40. The number of hydrogen-bond donors (Lipinski definition) is 2. The van der Waals surface area contributed by atoms with Gasteiger partial charge in [-0.25, -0.2) is 4.98 Å². The second kappa shape index (κ2) is 4.69. The minimum absolute atomic E-state index is 0.0209. The van der Waals surface area contributed by atoms with E-state index in [4.69, 9.17) is 0 Å². The van der Waals surface area contributed by atoms with Gasteiger partial charge in [0.05, 0.1) is 10.9 Å². The Balaban J connectivity index is 2.19. The van der Waals surface area contributed by atoms with E-state index in [9.17, 15) is 19.5 Å². The number of amides is 2. The third-order valence-corrected chi connectivity index (χ3v) is 3.58. The first kappa shape index (κ1) is 13.3. The van der Waals surface area contributed by atoms with E-state index in [2.05, 4.69) is 10.3 Å². The predicted molar refractivity (Wildman–Crippen MR) is 73.8 cm³/mol. The fourth-order valence-electron chi connectivity index (χ4n) is 2.59. The number of aromatic hydroxyl groups is 1. The zero-order valence-corrected chi connectivity index (χ0v) is 11.3. The zero-order valence-electron chi connectivity index (χ0n) is 11.3. The van der Waals surface area contributed by atoms with Crippen molar-refractivity contribution in [2.75, 3.05) is 0 Å². The van der Waals surface area contributed by atoms with Gasteiger partial charge in [0.2, 0.25) is 11.8 Å². The summed E-state index contributed by atoms with van der Waals surface area (Å²) < 4.78 is 1.31. The highest BCUT2D eigenvalue weighted by atomic mass is 16.3. The van der Waals surface area contributed by atoms with Crippen molar-refractivity contribution in [1.82, 2.24) is 14.9 Å². The monoisotopic (exact) mass is 287 g/mol. The van der Waals surface area contributed by atoms with Crippen LogP contribution in [0.25, 0.3) is 10.9 Å². The Morgan fingerprint density at radius 1 is 1.33 bits per heavy atom. The van der Waals surface area contributed by atoms with Crippen LogP contribution in [0.5, 0.6) is 5.75 Å². The quantitative estimate of drug-likeness (QED) is 0.739. The summed E-state index contributed by atoms with van der Waals surface area (Å²) in [5.41, 5.74) is 0.0213. The summed E-state index contributed by atoms with van der Waals surface area (Å²) in [6, 6.07) is 3.54. The Morgan fingerprint density at radius 3 is 2.81 bits per heavy atom. The van der Waals surface area contributed by atoms with Crippen molar-refractivity contribution in [3.8, 4) is 5.75 Å². The third kappa shape index (κ3) is 2.16. The highest BCUT2D eigenvalue weighted by Gasteiger charge is 2.30. The van der Waals surface area contributed by atoms with Crippen molar-refractivity contribution in [3.63, 3.8) is 0 Å². The number of carbonyl (C=O) groups is 2. The van der Waals surface area contributed by atoms with Gasteiger partial charge in [-0.05, 0) is 25.5 Å². The van der Waals surface area contributed by atoms with Crippen molar-refractivity contribution in [2.24, 2.45) is 0 Å². The number of piperidine rings is 1. The van der Waals surface area contributed by atoms with Gasteiger partial charge in [-0.2, -0.15) is 0 Å². The van der Waals surface area contributed by atoms with E-state index in [-0.39, 0.29) is 30.1 Å². The molecule has 1 fully saturated rings. The molecule has 108 valence electrons. The van der Waals surface area contributed by atoms with E-state index < -0.39 is 11.9 Å². The van der Waals surface area contributed by atoms with Gasteiger partial charge < -0.3 is 5.11 Å². The van der Waals surface area contributed by atoms with Crippen molar-refractivity contribution >= 4 is 22.7 Å². The Bertz CT molecular complexity index is 825. The number of hydrogen-bond acceptors (Lipinski definition) is 5. The van der Waals surface area contributed by atoms with Crippen LogP contribution in [0.2, 0.25) is 0 Å². The lowest BCUT2D eigenvalue weighted by atomic mass is 10.1. The van der Waals surface area contributed by atoms with Crippen LogP contribution in [-0.2, 0) is 9.59 Å². The largest absolute Gasteiger partial charge is 0.508 e. The molecular formula is C14H13N3O4. The summed E-state index contributed by atoms with van der Waals surface area (Å²) in [6.45, 7) is 1.62. The number of carbonyl (C=O) groups excluding carboxylic acids is 2. The van der Waals surface area contributed by atoms with Crippen molar-refractivity contribution < 1.29 is 14.7 Å². The van der Waals surface area contributed by atoms with Gasteiger partial charge in [-0.15, -0.1) is 0 Å². The van der Waals surface area contributed by atoms with Crippen molar-refractivity contribution in [3.05, 3.63) is 34.4 Å². The van der Waals surface area contributed by atoms with Crippen LogP contribution < -0.4 is 10.9 Å². The maximum absolute atomic E-state index is 12.6. The molecule has 1 aliphatic heterocycles. The number of aryl methyl sites for hydroxylation is 1. The summed E-state index contributed by atoms with van der Waals surface area (Å²) in [5.74, 6) is -0.433. The SMILES string of the molecule is Cc1nc2cc(O)ccc2c(=O)n1C1CCC(=O)NC1=O. The van der Waals surface area contributed by atoms with E-state index >= 15 is 0 Å². The molecule has 21 heavy (non-hydrogen) atoms. The zero-order chi connectivity index (χ0) is 15.1. The molecule has 1 aromatic carbocycles. The molecule has 1 atom stereocenters. The van der Waals surface area contributed by atoms with E-state index in [1.807, 2.05) is 0 Å². The summed E-state index contributed by atoms with van der Waals surface area (Å²) in [7, 11) is 0. The van der Waals surface area contributed by atoms with Gasteiger partial charge in [0.25, 0.3) is 5.56 Å². The highest BCUT2D eigenvalue weighted by Crippen LogP contribution is 2.21. The molecule has 2 aromatic rings. The molecule has 0 bridgehead atoms. The molecule has 1 unspecified atom stereocenters. The highest BCUT2D eigenvalue weighted by molar-refractivity contribution is 5.99.